The standard InChI is InChI=1S/C11H14FNO3/c1-15-7-5-6(11(13)3-4-11)9(14)8(12)10(7)16-2/h5,14H,3-4,13H2,1-2H3. The first-order valence-electron chi connectivity index (χ1n) is 4.96. The molecule has 1 saturated carbocycles. The van der Waals surface area contributed by atoms with Gasteiger partial charge in [0.25, 0.3) is 0 Å². The Kier molecular flexibility index (Phi) is 2.42. The van der Waals surface area contributed by atoms with Crippen molar-refractivity contribution < 1.29 is 19.0 Å². The molecule has 0 aliphatic heterocycles. The van der Waals surface area contributed by atoms with E-state index in [2.05, 4.69) is 0 Å². The zero-order chi connectivity index (χ0) is 11.9. The Hall–Kier alpha value is -1.49. The number of methoxy groups -OCH3 is 2. The van der Waals surface area contributed by atoms with E-state index in [0.29, 0.717) is 5.56 Å². The third-order valence-electron chi connectivity index (χ3n) is 2.91. The van der Waals surface area contributed by atoms with E-state index in [4.69, 9.17) is 15.2 Å². The number of phenols is 1. The van der Waals surface area contributed by atoms with Crippen LogP contribution in [0.2, 0.25) is 0 Å². The average Bonchev–Trinajstić information content (AvgIpc) is 3.01. The highest BCUT2D eigenvalue weighted by Gasteiger charge is 2.43. The maximum atomic E-state index is 13.8. The Morgan fingerprint density at radius 1 is 1.38 bits per heavy atom. The van der Waals surface area contributed by atoms with Crippen molar-refractivity contribution in [2.24, 2.45) is 5.73 Å². The molecule has 0 atom stereocenters. The van der Waals surface area contributed by atoms with Gasteiger partial charge in [-0.3, -0.25) is 0 Å². The lowest BCUT2D eigenvalue weighted by atomic mass is 10.0. The normalized spacial score (nSPS) is 17.0. The number of hydrogen-bond acceptors (Lipinski definition) is 4. The van der Waals surface area contributed by atoms with Gasteiger partial charge in [-0.2, -0.15) is 4.39 Å². The third-order valence-corrected chi connectivity index (χ3v) is 2.91. The van der Waals surface area contributed by atoms with Gasteiger partial charge in [-0.05, 0) is 18.9 Å². The van der Waals surface area contributed by atoms with Gasteiger partial charge in [0.2, 0.25) is 11.6 Å². The minimum atomic E-state index is -0.825. The van der Waals surface area contributed by atoms with E-state index in [0.717, 1.165) is 12.8 Å². The summed E-state index contributed by atoms with van der Waals surface area (Å²) >= 11 is 0. The summed E-state index contributed by atoms with van der Waals surface area (Å²) < 4.78 is 23.6. The number of nitrogens with two attached hydrogens (primary N) is 1. The van der Waals surface area contributed by atoms with Crippen LogP contribution in [-0.4, -0.2) is 19.3 Å². The fourth-order valence-corrected chi connectivity index (χ4v) is 1.72. The molecule has 1 aromatic rings. The number of halogens is 1. The molecule has 2 rings (SSSR count). The third kappa shape index (κ3) is 1.48. The van der Waals surface area contributed by atoms with Crippen LogP contribution in [0.5, 0.6) is 17.2 Å². The second-order valence-electron chi connectivity index (χ2n) is 3.98. The molecule has 1 aromatic carbocycles. The molecular formula is C11H14FNO3. The van der Waals surface area contributed by atoms with Gasteiger partial charge in [-0.1, -0.05) is 0 Å². The summed E-state index contributed by atoms with van der Waals surface area (Å²) in [5.41, 5.74) is 5.69. The van der Waals surface area contributed by atoms with Crippen molar-refractivity contribution in [1.82, 2.24) is 0 Å². The predicted octanol–water partition coefficient (Wildman–Crippen LogP) is 1.50. The van der Waals surface area contributed by atoms with Crippen LogP contribution in [0.1, 0.15) is 18.4 Å². The lowest BCUT2D eigenvalue weighted by molar-refractivity contribution is 0.323. The lowest BCUT2D eigenvalue weighted by Gasteiger charge is -2.16. The Labute approximate surface area is 92.8 Å². The molecule has 1 aliphatic carbocycles. The minimum Gasteiger partial charge on any atom is -0.504 e. The molecule has 0 unspecified atom stereocenters. The maximum Gasteiger partial charge on any atom is 0.210 e. The average molecular weight is 227 g/mol. The molecule has 3 N–H and O–H groups in total. The molecule has 0 radical (unpaired) electrons. The van der Waals surface area contributed by atoms with Crippen molar-refractivity contribution in [3.8, 4) is 17.2 Å². The zero-order valence-corrected chi connectivity index (χ0v) is 9.21. The Morgan fingerprint density at radius 2 is 2.00 bits per heavy atom. The van der Waals surface area contributed by atoms with Crippen molar-refractivity contribution in [1.29, 1.82) is 0 Å². The van der Waals surface area contributed by atoms with Crippen molar-refractivity contribution in [2.75, 3.05) is 14.2 Å². The molecule has 88 valence electrons. The van der Waals surface area contributed by atoms with Crippen molar-refractivity contribution in [3.05, 3.63) is 17.4 Å². The maximum absolute atomic E-state index is 13.8. The van der Waals surface area contributed by atoms with E-state index < -0.39 is 17.1 Å². The summed E-state index contributed by atoms with van der Waals surface area (Å²) in [7, 11) is 2.73. The highest BCUT2D eigenvalue weighted by molar-refractivity contribution is 5.55. The molecule has 0 heterocycles. The molecule has 16 heavy (non-hydrogen) atoms. The monoisotopic (exact) mass is 227 g/mol. The summed E-state index contributed by atoms with van der Waals surface area (Å²) in [5, 5.41) is 9.71. The largest absolute Gasteiger partial charge is 0.504 e. The van der Waals surface area contributed by atoms with Gasteiger partial charge >= 0.3 is 0 Å². The van der Waals surface area contributed by atoms with Crippen LogP contribution in [-0.2, 0) is 5.54 Å². The summed E-state index contributed by atoms with van der Waals surface area (Å²) in [4.78, 5) is 0. The molecule has 0 saturated heterocycles. The fraction of sp³-hybridized carbons (Fsp3) is 0.455. The van der Waals surface area contributed by atoms with E-state index in [9.17, 15) is 9.50 Å². The molecule has 0 aromatic heterocycles. The summed E-state index contributed by atoms with van der Waals surface area (Å²) in [6.45, 7) is 0. The second-order valence-corrected chi connectivity index (χ2v) is 3.98. The van der Waals surface area contributed by atoms with E-state index in [-0.39, 0.29) is 11.5 Å². The molecule has 0 bridgehead atoms. The van der Waals surface area contributed by atoms with Crippen LogP contribution in [0.25, 0.3) is 0 Å². The molecule has 0 spiro atoms. The lowest BCUT2D eigenvalue weighted by Crippen LogP contribution is -2.19. The summed E-state index contributed by atoms with van der Waals surface area (Å²) in [5.74, 6) is -1.14. The number of ether oxygens (including phenoxy) is 2. The van der Waals surface area contributed by atoms with Gasteiger partial charge in [-0.25, -0.2) is 0 Å². The molecule has 1 fully saturated rings. The smallest absolute Gasteiger partial charge is 0.210 e. The number of hydrogen-bond donors (Lipinski definition) is 2. The van der Waals surface area contributed by atoms with Crippen LogP contribution in [0.15, 0.2) is 6.07 Å². The van der Waals surface area contributed by atoms with Crippen LogP contribution in [0.4, 0.5) is 4.39 Å². The minimum absolute atomic E-state index is 0.104. The van der Waals surface area contributed by atoms with Gasteiger partial charge in [0.15, 0.2) is 11.5 Å². The number of benzene rings is 1. The summed E-state index contributed by atoms with van der Waals surface area (Å²) in [6.07, 6.45) is 1.46. The fourth-order valence-electron chi connectivity index (χ4n) is 1.72. The van der Waals surface area contributed by atoms with E-state index >= 15 is 0 Å². The molecule has 5 heteroatoms. The highest BCUT2D eigenvalue weighted by atomic mass is 19.1. The topological polar surface area (TPSA) is 64.7 Å². The Bertz CT molecular complexity index is 430. The number of rotatable bonds is 3. The Morgan fingerprint density at radius 3 is 2.44 bits per heavy atom. The van der Waals surface area contributed by atoms with Crippen LogP contribution >= 0.6 is 0 Å². The van der Waals surface area contributed by atoms with Gasteiger partial charge in [-0.15, -0.1) is 0 Å². The first-order valence-corrected chi connectivity index (χ1v) is 4.96. The van der Waals surface area contributed by atoms with Crippen molar-refractivity contribution in [3.63, 3.8) is 0 Å². The molecule has 4 nitrogen and oxygen atoms in total. The van der Waals surface area contributed by atoms with E-state index in [1.807, 2.05) is 0 Å². The number of aromatic hydroxyl groups is 1. The first-order chi connectivity index (χ1) is 7.53. The van der Waals surface area contributed by atoms with Gasteiger partial charge in [0.1, 0.15) is 0 Å². The first kappa shape index (κ1) is 11.0. The van der Waals surface area contributed by atoms with Gasteiger partial charge in [0.05, 0.1) is 14.2 Å². The SMILES string of the molecule is COc1cc(C2(N)CC2)c(O)c(F)c1OC. The van der Waals surface area contributed by atoms with Crippen molar-refractivity contribution >= 4 is 0 Å². The highest BCUT2D eigenvalue weighted by Crippen LogP contribution is 2.50. The van der Waals surface area contributed by atoms with Crippen LogP contribution in [0.3, 0.4) is 0 Å². The Balaban J connectivity index is 2.60. The zero-order valence-electron chi connectivity index (χ0n) is 9.21. The van der Waals surface area contributed by atoms with Crippen LogP contribution < -0.4 is 15.2 Å². The predicted molar refractivity (Wildman–Crippen MR) is 56.3 cm³/mol. The summed E-state index contributed by atoms with van der Waals surface area (Å²) in [6, 6.07) is 1.53. The molecular weight excluding hydrogens is 213 g/mol. The van der Waals surface area contributed by atoms with Crippen LogP contribution in [0, 0.1) is 5.82 Å². The van der Waals surface area contributed by atoms with E-state index in [1.165, 1.54) is 20.3 Å². The molecule has 0 amide bonds. The number of phenolic OH excluding ortho intramolecular Hbond substituents is 1. The van der Waals surface area contributed by atoms with Gasteiger partial charge < -0.3 is 20.3 Å². The van der Waals surface area contributed by atoms with E-state index in [1.54, 1.807) is 0 Å². The van der Waals surface area contributed by atoms with Crippen molar-refractivity contribution in [2.45, 2.75) is 18.4 Å². The second kappa shape index (κ2) is 3.52. The quantitative estimate of drug-likeness (QED) is 0.821. The van der Waals surface area contributed by atoms with Gasteiger partial charge in [0, 0.05) is 11.1 Å². The molecule has 1 aliphatic rings.